The van der Waals surface area contributed by atoms with Crippen LogP contribution in [0.2, 0.25) is 5.02 Å². The van der Waals surface area contributed by atoms with Crippen molar-refractivity contribution in [2.45, 2.75) is 13.0 Å². The highest BCUT2D eigenvalue weighted by Crippen LogP contribution is 2.27. The summed E-state index contributed by atoms with van der Waals surface area (Å²) in [4.78, 5) is 17.3. The minimum absolute atomic E-state index is 0.366. The predicted octanol–water partition coefficient (Wildman–Crippen LogP) is 3.47. The molecule has 2 rings (SSSR count). The van der Waals surface area contributed by atoms with Crippen LogP contribution in [0.25, 0.3) is 0 Å². The number of aldehydes is 1. The molecule has 0 spiro atoms. The summed E-state index contributed by atoms with van der Waals surface area (Å²) < 4.78 is 0. The molecule has 0 saturated carbocycles. The van der Waals surface area contributed by atoms with Crippen molar-refractivity contribution >= 4 is 23.6 Å². The molecule has 0 aliphatic carbocycles. The number of aromatic nitrogens is 1. The van der Waals surface area contributed by atoms with Crippen LogP contribution in [0.15, 0.2) is 42.7 Å². The van der Waals surface area contributed by atoms with Crippen molar-refractivity contribution in [2.24, 2.45) is 0 Å². The van der Waals surface area contributed by atoms with Gasteiger partial charge in [0, 0.05) is 31.2 Å². The van der Waals surface area contributed by atoms with Crippen LogP contribution in [-0.2, 0) is 6.54 Å². The quantitative estimate of drug-likeness (QED) is 0.766. The molecule has 0 unspecified atom stereocenters. The first-order valence-corrected chi connectivity index (χ1v) is 6.88. The van der Waals surface area contributed by atoms with E-state index in [0.29, 0.717) is 30.1 Å². The fourth-order valence-corrected chi connectivity index (χ4v) is 2.31. The topological polar surface area (TPSA) is 57.0 Å². The van der Waals surface area contributed by atoms with Crippen LogP contribution in [0, 0.1) is 11.3 Å². The van der Waals surface area contributed by atoms with Crippen molar-refractivity contribution in [3.63, 3.8) is 0 Å². The molecule has 5 heteroatoms. The predicted molar refractivity (Wildman–Crippen MR) is 82.4 cm³/mol. The number of benzene rings is 1. The first-order chi connectivity index (χ1) is 10.3. The summed E-state index contributed by atoms with van der Waals surface area (Å²) in [6.45, 7) is 1.09. The second-order valence-corrected chi connectivity index (χ2v) is 4.89. The Hall–Kier alpha value is -2.38. The molecule has 1 aromatic carbocycles. The van der Waals surface area contributed by atoms with Gasteiger partial charge in [-0.1, -0.05) is 23.7 Å². The smallest absolute Gasteiger partial charge is 0.153 e. The van der Waals surface area contributed by atoms with Crippen LogP contribution >= 0.6 is 11.6 Å². The van der Waals surface area contributed by atoms with Gasteiger partial charge in [0.25, 0.3) is 0 Å². The number of halogens is 1. The number of anilines is 1. The lowest BCUT2D eigenvalue weighted by Crippen LogP contribution is -2.25. The number of hydrogen-bond donors (Lipinski definition) is 0. The third-order valence-electron chi connectivity index (χ3n) is 3.08. The Kier molecular flexibility index (Phi) is 5.30. The number of carbonyl (C=O) groups is 1. The van der Waals surface area contributed by atoms with E-state index in [0.717, 1.165) is 17.5 Å². The monoisotopic (exact) mass is 299 g/mol. The van der Waals surface area contributed by atoms with Crippen molar-refractivity contribution in [2.75, 3.05) is 11.4 Å². The number of nitrogens with zero attached hydrogens (tertiary/aromatic N) is 3. The normalized spacial score (nSPS) is 9.90. The molecule has 0 atom stereocenters. The molecule has 0 amide bonds. The highest BCUT2D eigenvalue weighted by Gasteiger charge is 2.14. The lowest BCUT2D eigenvalue weighted by molar-refractivity contribution is 0.112. The van der Waals surface area contributed by atoms with Gasteiger partial charge in [0.1, 0.15) is 0 Å². The lowest BCUT2D eigenvalue weighted by atomic mass is 10.1. The maximum absolute atomic E-state index is 11.3. The first-order valence-electron chi connectivity index (χ1n) is 6.50. The fraction of sp³-hybridized carbons (Fsp3) is 0.188. The van der Waals surface area contributed by atoms with Crippen LogP contribution in [-0.4, -0.2) is 17.8 Å². The SMILES string of the molecule is N#CCCN(Cc1cccnc1)c1cccc(Cl)c1C=O. The van der Waals surface area contributed by atoms with Crippen LogP contribution < -0.4 is 4.90 Å². The second-order valence-electron chi connectivity index (χ2n) is 4.48. The summed E-state index contributed by atoms with van der Waals surface area (Å²) in [7, 11) is 0. The number of rotatable bonds is 6. The average molecular weight is 300 g/mol. The molecule has 0 fully saturated rings. The largest absolute Gasteiger partial charge is 0.365 e. The molecule has 0 bridgehead atoms. The van der Waals surface area contributed by atoms with Crippen molar-refractivity contribution in [1.29, 1.82) is 5.26 Å². The van der Waals surface area contributed by atoms with Crippen molar-refractivity contribution < 1.29 is 4.79 Å². The maximum Gasteiger partial charge on any atom is 0.153 e. The van der Waals surface area contributed by atoms with E-state index in [2.05, 4.69) is 11.1 Å². The second kappa shape index (κ2) is 7.41. The fourth-order valence-electron chi connectivity index (χ4n) is 2.10. The van der Waals surface area contributed by atoms with E-state index in [9.17, 15) is 4.79 Å². The molecule has 0 N–H and O–H groups in total. The zero-order valence-corrected chi connectivity index (χ0v) is 12.1. The Morgan fingerprint density at radius 3 is 2.86 bits per heavy atom. The molecule has 0 saturated heterocycles. The van der Waals surface area contributed by atoms with Gasteiger partial charge < -0.3 is 4.90 Å². The van der Waals surface area contributed by atoms with Gasteiger partial charge in [-0.05, 0) is 23.8 Å². The summed E-state index contributed by atoms with van der Waals surface area (Å²) in [6.07, 6.45) is 4.59. The summed E-state index contributed by atoms with van der Waals surface area (Å²) in [5.41, 5.74) is 2.19. The van der Waals surface area contributed by atoms with Gasteiger partial charge in [-0.2, -0.15) is 5.26 Å². The van der Waals surface area contributed by atoms with Gasteiger partial charge in [0.15, 0.2) is 6.29 Å². The third-order valence-corrected chi connectivity index (χ3v) is 3.41. The van der Waals surface area contributed by atoms with Crippen LogP contribution in [0.3, 0.4) is 0 Å². The minimum atomic E-state index is 0.366. The Morgan fingerprint density at radius 2 is 2.19 bits per heavy atom. The van der Waals surface area contributed by atoms with Gasteiger partial charge in [-0.3, -0.25) is 9.78 Å². The molecule has 2 aromatic rings. The standard InChI is InChI=1S/C16H14ClN3O/c17-15-5-1-6-16(14(15)12-21)20(9-3-7-18)11-13-4-2-8-19-10-13/h1-2,4-6,8,10,12H,3,9,11H2. The zero-order chi connectivity index (χ0) is 15.1. The average Bonchev–Trinajstić information content (AvgIpc) is 2.52. The van der Waals surface area contributed by atoms with E-state index in [1.165, 1.54) is 0 Å². The van der Waals surface area contributed by atoms with E-state index in [1.807, 2.05) is 23.1 Å². The molecule has 21 heavy (non-hydrogen) atoms. The van der Waals surface area contributed by atoms with E-state index >= 15 is 0 Å². The molecule has 0 aliphatic rings. The van der Waals surface area contributed by atoms with Crippen molar-refractivity contribution in [3.8, 4) is 6.07 Å². The highest BCUT2D eigenvalue weighted by atomic mass is 35.5. The van der Waals surface area contributed by atoms with Crippen molar-refractivity contribution in [1.82, 2.24) is 4.98 Å². The Labute approximate surface area is 128 Å². The summed E-state index contributed by atoms with van der Waals surface area (Å²) in [6, 6.07) is 11.3. The van der Waals surface area contributed by atoms with Crippen LogP contribution in [0.5, 0.6) is 0 Å². The minimum Gasteiger partial charge on any atom is -0.365 e. The zero-order valence-electron chi connectivity index (χ0n) is 11.4. The first kappa shape index (κ1) is 15.0. The molecule has 1 heterocycles. The van der Waals surface area contributed by atoms with Gasteiger partial charge in [0.2, 0.25) is 0 Å². The van der Waals surface area contributed by atoms with Crippen molar-refractivity contribution in [3.05, 3.63) is 58.9 Å². The van der Waals surface area contributed by atoms with Gasteiger partial charge in [-0.25, -0.2) is 0 Å². The molecule has 4 nitrogen and oxygen atoms in total. The Bertz CT molecular complexity index is 652. The lowest BCUT2D eigenvalue weighted by Gasteiger charge is -2.25. The summed E-state index contributed by atoms with van der Waals surface area (Å²) >= 11 is 6.08. The maximum atomic E-state index is 11.3. The number of nitriles is 1. The summed E-state index contributed by atoms with van der Waals surface area (Å²) in [5, 5.41) is 9.24. The van der Waals surface area contributed by atoms with E-state index in [-0.39, 0.29) is 0 Å². The number of hydrogen-bond acceptors (Lipinski definition) is 4. The molecular weight excluding hydrogens is 286 g/mol. The Morgan fingerprint density at radius 1 is 1.33 bits per heavy atom. The number of carbonyl (C=O) groups excluding carboxylic acids is 1. The van der Waals surface area contributed by atoms with Gasteiger partial charge in [-0.15, -0.1) is 0 Å². The van der Waals surface area contributed by atoms with Crippen LogP contribution in [0.1, 0.15) is 22.3 Å². The third kappa shape index (κ3) is 3.80. The molecule has 0 radical (unpaired) electrons. The van der Waals surface area contributed by atoms with Crippen LogP contribution in [0.4, 0.5) is 5.69 Å². The highest BCUT2D eigenvalue weighted by molar-refractivity contribution is 6.33. The number of pyridine rings is 1. The summed E-state index contributed by atoms with van der Waals surface area (Å²) in [5.74, 6) is 0. The van der Waals surface area contributed by atoms with E-state index in [1.54, 1.807) is 24.5 Å². The van der Waals surface area contributed by atoms with Gasteiger partial charge >= 0.3 is 0 Å². The van der Waals surface area contributed by atoms with Gasteiger partial charge in [0.05, 0.1) is 23.1 Å². The molecule has 106 valence electrons. The van der Waals surface area contributed by atoms with E-state index < -0.39 is 0 Å². The molecular formula is C16H14ClN3O. The molecule has 1 aromatic heterocycles. The van der Waals surface area contributed by atoms with E-state index in [4.69, 9.17) is 16.9 Å². The Balaban J connectivity index is 2.34. The molecule has 0 aliphatic heterocycles.